The maximum atomic E-state index is 12.1. The molecule has 1 aromatic carbocycles. The van der Waals surface area contributed by atoms with Crippen molar-refractivity contribution < 1.29 is 8.42 Å². The van der Waals surface area contributed by atoms with Gasteiger partial charge in [-0.15, -0.1) is 0 Å². The van der Waals surface area contributed by atoms with Crippen molar-refractivity contribution >= 4 is 16.0 Å². The second kappa shape index (κ2) is 5.77. The summed E-state index contributed by atoms with van der Waals surface area (Å²) in [5, 5.41) is 0. The highest BCUT2D eigenvalue weighted by Gasteiger charge is 2.16. The average molecular weight is 290 g/mol. The molecule has 2 rings (SSSR count). The Kier molecular flexibility index (Phi) is 4.08. The Balaban J connectivity index is 2.31. The first kappa shape index (κ1) is 14.1. The van der Waals surface area contributed by atoms with Crippen molar-refractivity contribution in [1.29, 1.82) is 0 Å². The van der Waals surface area contributed by atoms with Crippen molar-refractivity contribution in [3.8, 4) is 11.8 Å². The van der Waals surface area contributed by atoms with Gasteiger partial charge in [0.15, 0.2) is 0 Å². The minimum atomic E-state index is -3.66. The van der Waals surface area contributed by atoms with Crippen LogP contribution in [0.2, 0.25) is 0 Å². The molecule has 1 aromatic heterocycles. The van der Waals surface area contributed by atoms with Crippen LogP contribution in [-0.2, 0) is 10.0 Å². The Morgan fingerprint density at radius 3 is 2.85 bits per heavy atom. The number of nitrogens with zero attached hydrogens (tertiary/aromatic N) is 1. The number of H-pyrrole nitrogens is 1. The van der Waals surface area contributed by atoms with Gasteiger partial charge >= 0.3 is 0 Å². The fourth-order valence-corrected chi connectivity index (χ4v) is 2.66. The van der Waals surface area contributed by atoms with Crippen LogP contribution >= 0.6 is 0 Å². The number of nitrogens with two attached hydrogens (primary N) is 1. The number of aromatic amines is 1. The maximum absolute atomic E-state index is 12.1. The normalized spacial score (nSPS) is 10.7. The molecule has 0 unspecified atom stereocenters. The van der Waals surface area contributed by atoms with Gasteiger partial charge in [-0.25, -0.2) is 18.1 Å². The third-order valence-electron chi connectivity index (χ3n) is 2.56. The molecule has 2 aromatic rings. The zero-order chi connectivity index (χ0) is 14.6. The van der Waals surface area contributed by atoms with Crippen molar-refractivity contribution in [2.75, 3.05) is 11.3 Å². The van der Waals surface area contributed by atoms with E-state index in [1.807, 2.05) is 0 Å². The first-order valence-electron chi connectivity index (χ1n) is 5.85. The van der Waals surface area contributed by atoms with Gasteiger partial charge in [0, 0.05) is 18.0 Å². The second-order valence-corrected chi connectivity index (χ2v) is 5.71. The van der Waals surface area contributed by atoms with Gasteiger partial charge < -0.3 is 10.7 Å². The van der Waals surface area contributed by atoms with E-state index in [-0.39, 0.29) is 17.4 Å². The van der Waals surface area contributed by atoms with E-state index in [0.717, 1.165) is 11.1 Å². The molecule has 0 aliphatic carbocycles. The Hall–Kier alpha value is -2.30. The van der Waals surface area contributed by atoms with Crippen LogP contribution in [-0.4, -0.2) is 24.9 Å². The lowest BCUT2D eigenvalue weighted by Crippen LogP contribution is -2.14. The van der Waals surface area contributed by atoms with Crippen LogP contribution in [0.5, 0.6) is 0 Å². The molecule has 0 atom stereocenters. The second-order valence-electron chi connectivity index (χ2n) is 4.03. The Morgan fingerprint density at radius 2 is 2.25 bits per heavy atom. The van der Waals surface area contributed by atoms with Crippen molar-refractivity contribution in [2.24, 2.45) is 5.73 Å². The number of anilines is 1. The summed E-state index contributed by atoms with van der Waals surface area (Å²) >= 11 is 0. The van der Waals surface area contributed by atoms with Gasteiger partial charge in [0.1, 0.15) is 0 Å². The highest BCUT2D eigenvalue weighted by atomic mass is 32.2. The van der Waals surface area contributed by atoms with Gasteiger partial charge in [-0.05, 0) is 30.7 Å². The van der Waals surface area contributed by atoms with Gasteiger partial charge in [0.05, 0.1) is 11.4 Å². The topological polar surface area (TPSA) is 101 Å². The predicted octanol–water partition coefficient (Wildman–Crippen LogP) is 0.829. The van der Waals surface area contributed by atoms with Gasteiger partial charge in [-0.2, -0.15) is 0 Å². The summed E-state index contributed by atoms with van der Waals surface area (Å²) in [5.74, 6) is 5.80. The first-order chi connectivity index (χ1) is 9.53. The largest absolute Gasteiger partial charge is 0.330 e. The van der Waals surface area contributed by atoms with E-state index in [9.17, 15) is 8.42 Å². The SMILES string of the molecule is Cc1cc(S(=O)(=O)Nc2ncc[nH]2)ccc1C#CCN. The van der Waals surface area contributed by atoms with Crippen molar-refractivity contribution in [3.05, 3.63) is 41.7 Å². The molecule has 0 aliphatic heterocycles. The van der Waals surface area contributed by atoms with E-state index in [4.69, 9.17) is 5.73 Å². The Bertz CT molecular complexity index is 755. The van der Waals surface area contributed by atoms with E-state index in [0.29, 0.717) is 0 Å². The Morgan fingerprint density at radius 1 is 1.45 bits per heavy atom. The van der Waals surface area contributed by atoms with Gasteiger partial charge in [-0.1, -0.05) is 11.8 Å². The molecule has 0 bridgehead atoms. The van der Waals surface area contributed by atoms with Crippen LogP contribution in [0.25, 0.3) is 0 Å². The molecule has 0 saturated carbocycles. The zero-order valence-electron chi connectivity index (χ0n) is 10.8. The van der Waals surface area contributed by atoms with E-state index in [1.165, 1.54) is 18.5 Å². The number of aromatic nitrogens is 2. The molecule has 0 amide bonds. The standard InChI is InChI=1S/C13H14N4O2S/c1-10-9-12(5-4-11(10)3-2-6-14)20(18,19)17-13-15-7-8-16-13/h4-5,7-9H,6,14H2,1H3,(H2,15,16,17). The molecule has 4 N–H and O–H groups in total. The summed E-state index contributed by atoms with van der Waals surface area (Å²) in [4.78, 5) is 6.66. The smallest absolute Gasteiger partial charge is 0.264 e. The van der Waals surface area contributed by atoms with Crippen LogP contribution in [0.1, 0.15) is 11.1 Å². The number of imidazole rings is 1. The lowest BCUT2D eigenvalue weighted by Gasteiger charge is -2.07. The van der Waals surface area contributed by atoms with Crippen molar-refractivity contribution in [3.63, 3.8) is 0 Å². The first-order valence-corrected chi connectivity index (χ1v) is 7.33. The number of aryl methyl sites for hydroxylation is 1. The van der Waals surface area contributed by atoms with Crippen LogP contribution < -0.4 is 10.5 Å². The van der Waals surface area contributed by atoms with Crippen molar-refractivity contribution in [1.82, 2.24) is 9.97 Å². The minimum Gasteiger partial charge on any atom is -0.330 e. The molecule has 0 fully saturated rings. The number of hydrogen-bond donors (Lipinski definition) is 3. The fourth-order valence-electron chi connectivity index (χ4n) is 1.60. The Labute approximate surface area is 117 Å². The lowest BCUT2D eigenvalue weighted by atomic mass is 10.1. The van der Waals surface area contributed by atoms with Crippen LogP contribution in [0.3, 0.4) is 0 Å². The molecule has 104 valence electrons. The molecule has 0 aliphatic rings. The van der Waals surface area contributed by atoms with E-state index < -0.39 is 10.0 Å². The highest BCUT2D eigenvalue weighted by Crippen LogP contribution is 2.17. The summed E-state index contributed by atoms with van der Waals surface area (Å²) in [6.07, 6.45) is 3.00. The fraction of sp³-hybridized carbons (Fsp3) is 0.154. The molecule has 1 heterocycles. The van der Waals surface area contributed by atoms with Crippen molar-refractivity contribution in [2.45, 2.75) is 11.8 Å². The van der Waals surface area contributed by atoms with E-state index in [1.54, 1.807) is 19.1 Å². The number of sulfonamides is 1. The molecule has 20 heavy (non-hydrogen) atoms. The molecule has 0 spiro atoms. The molecular weight excluding hydrogens is 276 g/mol. The summed E-state index contributed by atoms with van der Waals surface area (Å²) in [7, 11) is -3.66. The van der Waals surface area contributed by atoms with Crippen LogP contribution in [0.15, 0.2) is 35.5 Å². The molecule has 7 heteroatoms. The monoisotopic (exact) mass is 290 g/mol. The quantitative estimate of drug-likeness (QED) is 0.729. The van der Waals surface area contributed by atoms with Gasteiger partial charge in [0.25, 0.3) is 10.0 Å². The van der Waals surface area contributed by atoms with Crippen LogP contribution in [0.4, 0.5) is 5.95 Å². The van der Waals surface area contributed by atoms with Gasteiger partial charge in [-0.3, -0.25) is 0 Å². The third-order valence-corrected chi connectivity index (χ3v) is 3.90. The summed E-state index contributed by atoms with van der Waals surface area (Å²) in [6, 6.07) is 4.72. The molecule has 6 nitrogen and oxygen atoms in total. The van der Waals surface area contributed by atoms with Gasteiger partial charge in [0.2, 0.25) is 5.95 Å². The highest BCUT2D eigenvalue weighted by molar-refractivity contribution is 7.92. The van der Waals surface area contributed by atoms with E-state index >= 15 is 0 Å². The number of nitrogens with one attached hydrogen (secondary N) is 2. The van der Waals surface area contributed by atoms with Crippen LogP contribution in [0, 0.1) is 18.8 Å². The number of rotatable bonds is 3. The summed E-state index contributed by atoms with van der Waals surface area (Å²) < 4.78 is 26.7. The molecular formula is C13H14N4O2S. The molecule has 0 saturated heterocycles. The summed E-state index contributed by atoms with van der Waals surface area (Å²) in [5.41, 5.74) is 6.84. The lowest BCUT2D eigenvalue weighted by molar-refractivity contribution is 0.601. The average Bonchev–Trinajstić information content (AvgIpc) is 2.89. The minimum absolute atomic E-state index is 0.157. The zero-order valence-corrected chi connectivity index (χ0v) is 11.7. The maximum Gasteiger partial charge on any atom is 0.264 e. The third kappa shape index (κ3) is 3.17. The summed E-state index contributed by atoms with van der Waals surface area (Å²) in [6.45, 7) is 2.06. The number of benzene rings is 1. The van der Waals surface area contributed by atoms with E-state index in [2.05, 4.69) is 26.5 Å². The number of hydrogen-bond acceptors (Lipinski definition) is 4. The molecule has 0 radical (unpaired) electrons. The predicted molar refractivity (Wildman–Crippen MR) is 76.5 cm³/mol.